The molecule has 2 aromatic rings. The molecule has 4 nitrogen and oxygen atoms in total. The number of aryl methyl sites for hydroxylation is 1. The lowest BCUT2D eigenvalue weighted by molar-refractivity contribution is 0.370. The zero-order valence-electron chi connectivity index (χ0n) is 12.2. The maximum Gasteiger partial charge on any atom is 0.175 e. The molecule has 1 heterocycles. The van der Waals surface area contributed by atoms with Crippen LogP contribution in [0.4, 0.5) is 0 Å². The lowest BCUT2D eigenvalue weighted by Gasteiger charge is -2.07. The van der Waals surface area contributed by atoms with E-state index in [-0.39, 0.29) is 0 Å². The van der Waals surface area contributed by atoms with Gasteiger partial charge < -0.3 is 4.74 Å². The molecular formula is C16H17NO3S. The molecular weight excluding hydrogens is 286 g/mol. The van der Waals surface area contributed by atoms with E-state index in [9.17, 15) is 8.42 Å². The minimum Gasteiger partial charge on any atom is -0.494 e. The maximum absolute atomic E-state index is 11.4. The molecule has 2 rings (SSSR count). The summed E-state index contributed by atoms with van der Waals surface area (Å²) in [7, 11) is -1.59. The lowest BCUT2D eigenvalue weighted by Crippen LogP contribution is -1.96. The zero-order chi connectivity index (χ0) is 15.5. The number of pyridine rings is 1. The Labute approximate surface area is 125 Å². The van der Waals surface area contributed by atoms with Gasteiger partial charge in [0.15, 0.2) is 9.84 Å². The van der Waals surface area contributed by atoms with Crippen molar-refractivity contribution in [3.05, 3.63) is 59.4 Å². The Morgan fingerprint density at radius 2 is 1.81 bits per heavy atom. The van der Waals surface area contributed by atoms with Gasteiger partial charge in [-0.1, -0.05) is 18.2 Å². The quantitative estimate of drug-likeness (QED) is 0.815. The average molecular weight is 303 g/mol. The van der Waals surface area contributed by atoms with E-state index < -0.39 is 9.84 Å². The van der Waals surface area contributed by atoms with Crippen molar-refractivity contribution in [3.63, 3.8) is 0 Å². The van der Waals surface area contributed by atoms with Crippen molar-refractivity contribution >= 4 is 21.7 Å². The summed E-state index contributed by atoms with van der Waals surface area (Å²) in [6, 6.07) is 12.3. The van der Waals surface area contributed by atoms with E-state index in [0.29, 0.717) is 10.7 Å². The van der Waals surface area contributed by atoms with Gasteiger partial charge in [0.2, 0.25) is 0 Å². The van der Waals surface area contributed by atoms with Crippen LogP contribution in [0.1, 0.15) is 17.0 Å². The van der Waals surface area contributed by atoms with Crippen molar-refractivity contribution in [2.45, 2.75) is 11.8 Å². The fourth-order valence-electron chi connectivity index (χ4n) is 1.88. The average Bonchev–Trinajstić information content (AvgIpc) is 2.44. The van der Waals surface area contributed by atoms with Gasteiger partial charge in [0.25, 0.3) is 0 Å². The molecule has 110 valence electrons. The van der Waals surface area contributed by atoms with E-state index in [2.05, 4.69) is 4.98 Å². The highest BCUT2D eigenvalue weighted by Crippen LogP contribution is 2.19. The Hall–Kier alpha value is -2.14. The Morgan fingerprint density at radius 3 is 2.33 bits per heavy atom. The first-order valence-corrected chi connectivity index (χ1v) is 8.29. The number of nitrogens with zero attached hydrogens (tertiary/aromatic N) is 1. The number of hydrogen-bond acceptors (Lipinski definition) is 4. The topological polar surface area (TPSA) is 56.3 Å². The number of aromatic nitrogens is 1. The van der Waals surface area contributed by atoms with Crippen molar-refractivity contribution in [1.82, 2.24) is 4.98 Å². The number of benzene rings is 1. The zero-order valence-corrected chi connectivity index (χ0v) is 13.0. The Balaban J connectivity index is 2.36. The first kappa shape index (κ1) is 15.3. The minimum atomic E-state index is -3.18. The molecule has 0 bridgehead atoms. The highest BCUT2D eigenvalue weighted by Gasteiger charge is 2.07. The Bertz CT molecular complexity index is 762. The number of ether oxygens (including phenoxy) is 1. The number of sulfone groups is 1. The summed E-state index contributed by atoms with van der Waals surface area (Å²) in [5.41, 5.74) is 2.50. The Morgan fingerprint density at radius 1 is 1.14 bits per heavy atom. The standard InChI is InChI=1S/C16H17NO3S/c1-12-5-4-6-15(17-12)16(20-2)11-13-7-9-14(10-8-13)21(3,18)19/h4-11H,1-3H3/b16-11+. The first-order valence-electron chi connectivity index (χ1n) is 6.40. The van der Waals surface area contributed by atoms with Gasteiger partial charge in [-0.05, 0) is 42.8 Å². The van der Waals surface area contributed by atoms with Gasteiger partial charge in [-0.25, -0.2) is 13.4 Å². The SMILES string of the molecule is CO/C(=C/c1ccc(S(C)(=O)=O)cc1)c1cccc(C)n1. The summed E-state index contributed by atoms with van der Waals surface area (Å²) in [5, 5.41) is 0. The molecule has 0 aliphatic rings. The predicted octanol–water partition coefficient (Wildman–Crippen LogP) is 2.94. The monoisotopic (exact) mass is 303 g/mol. The summed E-state index contributed by atoms with van der Waals surface area (Å²) in [6.07, 6.45) is 3.02. The van der Waals surface area contributed by atoms with Crippen LogP contribution < -0.4 is 0 Å². The summed E-state index contributed by atoms with van der Waals surface area (Å²) in [4.78, 5) is 4.71. The molecule has 0 amide bonds. The normalized spacial score (nSPS) is 12.2. The van der Waals surface area contributed by atoms with E-state index in [0.717, 1.165) is 17.0 Å². The highest BCUT2D eigenvalue weighted by atomic mass is 32.2. The molecule has 0 aliphatic carbocycles. The molecule has 0 radical (unpaired) electrons. The number of hydrogen-bond donors (Lipinski definition) is 0. The van der Waals surface area contributed by atoms with Crippen LogP contribution in [0.25, 0.3) is 11.8 Å². The summed E-state index contributed by atoms with van der Waals surface area (Å²) >= 11 is 0. The fourth-order valence-corrected chi connectivity index (χ4v) is 2.51. The van der Waals surface area contributed by atoms with Crippen LogP contribution in [-0.4, -0.2) is 26.8 Å². The van der Waals surface area contributed by atoms with E-state index >= 15 is 0 Å². The van der Waals surface area contributed by atoms with Gasteiger partial charge in [0, 0.05) is 11.9 Å². The third kappa shape index (κ3) is 3.92. The predicted molar refractivity (Wildman–Crippen MR) is 83.4 cm³/mol. The van der Waals surface area contributed by atoms with Crippen molar-refractivity contribution < 1.29 is 13.2 Å². The fraction of sp³-hybridized carbons (Fsp3) is 0.188. The minimum absolute atomic E-state index is 0.298. The number of rotatable bonds is 4. The van der Waals surface area contributed by atoms with Crippen LogP contribution in [0.15, 0.2) is 47.4 Å². The Kier molecular flexibility index (Phi) is 4.43. The van der Waals surface area contributed by atoms with Gasteiger partial charge >= 0.3 is 0 Å². The second-order valence-corrected chi connectivity index (χ2v) is 6.73. The van der Waals surface area contributed by atoms with Gasteiger partial charge in [-0.15, -0.1) is 0 Å². The molecule has 0 spiro atoms. The second-order valence-electron chi connectivity index (χ2n) is 4.72. The third-order valence-electron chi connectivity index (χ3n) is 2.97. The molecule has 0 aliphatic heterocycles. The number of methoxy groups -OCH3 is 1. The molecule has 0 saturated carbocycles. The van der Waals surface area contributed by atoms with Crippen molar-refractivity contribution in [1.29, 1.82) is 0 Å². The van der Waals surface area contributed by atoms with Gasteiger partial charge in [0.1, 0.15) is 11.5 Å². The highest BCUT2D eigenvalue weighted by molar-refractivity contribution is 7.90. The molecule has 0 atom stereocenters. The van der Waals surface area contributed by atoms with E-state index in [1.165, 1.54) is 6.26 Å². The molecule has 5 heteroatoms. The van der Waals surface area contributed by atoms with Crippen LogP contribution in [0, 0.1) is 6.92 Å². The van der Waals surface area contributed by atoms with Crippen LogP contribution in [0.3, 0.4) is 0 Å². The van der Waals surface area contributed by atoms with Gasteiger partial charge in [0.05, 0.1) is 12.0 Å². The molecule has 0 saturated heterocycles. The van der Waals surface area contributed by atoms with Crippen LogP contribution in [0.2, 0.25) is 0 Å². The van der Waals surface area contributed by atoms with E-state index in [4.69, 9.17) is 4.74 Å². The van der Waals surface area contributed by atoms with E-state index in [1.54, 1.807) is 31.4 Å². The lowest BCUT2D eigenvalue weighted by atomic mass is 10.1. The second kappa shape index (κ2) is 6.10. The third-order valence-corrected chi connectivity index (χ3v) is 4.10. The van der Waals surface area contributed by atoms with Gasteiger partial charge in [-0.3, -0.25) is 0 Å². The van der Waals surface area contributed by atoms with Crippen molar-refractivity contribution in [3.8, 4) is 0 Å². The molecule has 0 N–H and O–H groups in total. The van der Waals surface area contributed by atoms with Gasteiger partial charge in [-0.2, -0.15) is 0 Å². The van der Waals surface area contributed by atoms with Crippen LogP contribution in [-0.2, 0) is 14.6 Å². The maximum atomic E-state index is 11.4. The first-order chi connectivity index (χ1) is 9.90. The van der Waals surface area contributed by atoms with Crippen molar-refractivity contribution in [2.75, 3.05) is 13.4 Å². The molecule has 21 heavy (non-hydrogen) atoms. The van der Waals surface area contributed by atoms with Crippen molar-refractivity contribution in [2.24, 2.45) is 0 Å². The largest absolute Gasteiger partial charge is 0.494 e. The molecule has 0 fully saturated rings. The summed E-state index contributed by atoms with van der Waals surface area (Å²) in [5.74, 6) is 0.630. The van der Waals surface area contributed by atoms with Crippen LogP contribution >= 0.6 is 0 Å². The molecule has 1 aromatic carbocycles. The van der Waals surface area contributed by atoms with Crippen LogP contribution in [0.5, 0.6) is 0 Å². The van der Waals surface area contributed by atoms with E-state index in [1.807, 2.05) is 31.2 Å². The molecule has 0 unspecified atom stereocenters. The summed E-state index contributed by atoms with van der Waals surface area (Å²) in [6.45, 7) is 1.91. The summed E-state index contributed by atoms with van der Waals surface area (Å²) < 4.78 is 28.2. The molecule has 1 aromatic heterocycles. The smallest absolute Gasteiger partial charge is 0.175 e.